The lowest BCUT2D eigenvalue weighted by Gasteiger charge is -2.28. The fourth-order valence-corrected chi connectivity index (χ4v) is 5.32. The summed E-state index contributed by atoms with van der Waals surface area (Å²) in [4.78, 5) is 12.6. The Hall–Kier alpha value is -4.49. The number of hydrazone groups is 2. The zero-order valence-corrected chi connectivity index (χ0v) is 20.1. The molecule has 0 aliphatic carbocycles. The molecule has 0 aromatic heterocycles. The third kappa shape index (κ3) is 5.95. The zero-order valence-electron chi connectivity index (χ0n) is 19.3. The fourth-order valence-electron chi connectivity index (χ4n) is 3.68. The third-order valence-electron chi connectivity index (χ3n) is 5.49. The summed E-state index contributed by atoms with van der Waals surface area (Å²) in [6.45, 7) is 0.449. The highest BCUT2D eigenvalue weighted by Crippen LogP contribution is 2.24. The Morgan fingerprint density at radius 3 is 2.14 bits per heavy atom. The van der Waals surface area contributed by atoms with Crippen LogP contribution in [0, 0.1) is 11.3 Å². The Kier molecular flexibility index (Phi) is 7.72. The molecular formula is C26H24N6O3S. The van der Waals surface area contributed by atoms with Gasteiger partial charge in [0.05, 0.1) is 22.8 Å². The summed E-state index contributed by atoms with van der Waals surface area (Å²) in [5.41, 5.74) is 7.75. The molecule has 10 heteroatoms. The molecule has 3 aromatic carbocycles. The van der Waals surface area contributed by atoms with Crippen LogP contribution in [0.25, 0.3) is 0 Å². The average molecular weight is 501 g/mol. The van der Waals surface area contributed by atoms with Gasteiger partial charge in [-0.05, 0) is 37.1 Å². The lowest BCUT2D eigenvalue weighted by molar-refractivity contribution is -0.114. The first kappa shape index (κ1) is 24.6. The van der Waals surface area contributed by atoms with Crippen LogP contribution in [0.4, 0.5) is 11.4 Å². The predicted octanol–water partition coefficient (Wildman–Crippen LogP) is 3.48. The number of nitrogens with zero attached hydrogens (tertiary/aromatic N) is 4. The van der Waals surface area contributed by atoms with E-state index in [1.807, 2.05) is 36.4 Å². The van der Waals surface area contributed by atoms with Gasteiger partial charge in [0.1, 0.15) is 6.07 Å². The number of amides is 1. The van der Waals surface area contributed by atoms with Gasteiger partial charge in [0, 0.05) is 17.7 Å². The molecule has 0 unspecified atom stereocenters. The molecule has 9 nitrogen and oxygen atoms in total. The number of hydrogen-bond acceptors (Lipinski definition) is 7. The van der Waals surface area contributed by atoms with Crippen molar-refractivity contribution in [1.82, 2.24) is 5.43 Å². The van der Waals surface area contributed by atoms with E-state index >= 15 is 0 Å². The molecule has 182 valence electrons. The van der Waals surface area contributed by atoms with Gasteiger partial charge in [0.25, 0.3) is 0 Å². The van der Waals surface area contributed by atoms with E-state index in [-0.39, 0.29) is 11.5 Å². The Bertz CT molecular complexity index is 1410. The van der Waals surface area contributed by atoms with Gasteiger partial charge >= 0.3 is 5.91 Å². The Morgan fingerprint density at radius 1 is 0.861 bits per heavy atom. The minimum atomic E-state index is -3.33. The van der Waals surface area contributed by atoms with E-state index in [1.165, 1.54) is 4.31 Å². The number of nitriles is 1. The van der Waals surface area contributed by atoms with E-state index in [0.717, 1.165) is 12.0 Å². The first-order valence-corrected chi connectivity index (χ1v) is 12.9. The molecule has 1 aliphatic rings. The van der Waals surface area contributed by atoms with Gasteiger partial charge < -0.3 is 0 Å². The van der Waals surface area contributed by atoms with Gasteiger partial charge in [-0.3, -0.25) is 14.5 Å². The zero-order chi connectivity index (χ0) is 25.4. The van der Waals surface area contributed by atoms with E-state index in [4.69, 9.17) is 0 Å². The molecule has 0 radical (unpaired) electrons. The second kappa shape index (κ2) is 11.3. The maximum Gasteiger partial charge on any atom is 0.302 e. The molecule has 1 saturated heterocycles. The van der Waals surface area contributed by atoms with Crippen molar-refractivity contribution in [2.24, 2.45) is 10.2 Å². The van der Waals surface area contributed by atoms with Crippen molar-refractivity contribution in [2.45, 2.75) is 12.8 Å². The Balaban J connectivity index is 1.58. The van der Waals surface area contributed by atoms with Crippen molar-refractivity contribution >= 4 is 38.7 Å². The molecule has 3 aromatic rings. The van der Waals surface area contributed by atoms with Crippen LogP contribution in [0.2, 0.25) is 0 Å². The number of sulfonamides is 1. The van der Waals surface area contributed by atoms with Gasteiger partial charge in [-0.1, -0.05) is 60.7 Å². The van der Waals surface area contributed by atoms with Crippen LogP contribution >= 0.6 is 0 Å². The van der Waals surface area contributed by atoms with Gasteiger partial charge in [-0.25, -0.2) is 13.8 Å². The van der Waals surface area contributed by atoms with Crippen LogP contribution in [0.3, 0.4) is 0 Å². The number of benzene rings is 3. The summed E-state index contributed by atoms with van der Waals surface area (Å²) in [6.07, 6.45) is 1.47. The van der Waals surface area contributed by atoms with Crippen LogP contribution in [0.1, 0.15) is 24.0 Å². The lowest BCUT2D eigenvalue weighted by atomic mass is 10.0. The highest BCUT2D eigenvalue weighted by atomic mass is 32.2. The number of hydrogen-bond donors (Lipinski definition) is 2. The van der Waals surface area contributed by atoms with Crippen molar-refractivity contribution in [3.05, 3.63) is 96.1 Å². The summed E-state index contributed by atoms with van der Waals surface area (Å²) in [5, 5.41) is 17.5. The topological polar surface area (TPSA) is 127 Å². The summed E-state index contributed by atoms with van der Waals surface area (Å²) in [5.74, 6) is -0.634. The van der Waals surface area contributed by atoms with Gasteiger partial charge in [0.2, 0.25) is 15.7 Å². The quantitative estimate of drug-likeness (QED) is 0.379. The maximum atomic E-state index is 12.6. The molecule has 36 heavy (non-hydrogen) atoms. The van der Waals surface area contributed by atoms with E-state index in [0.29, 0.717) is 35.6 Å². The van der Waals surface area contributed by atoms with Crippen LogP contribution in [-0.4, -0.2) is 38.0 Å². The number of rotatable bonds is 7. The minimum Gasteiger partial charge on any atom is -0.277 e. The van der Waals surface area contributed by atoms with Crippen LogP contribution < -0.4 is 15.2 Å². The highest BCUT2D eigenvalue weighted by molar-refractivity contribution is 7.92. The molecule has 4 rings (SSSR count). The summed E-state index contributed by atoms with van der Waals surface area (Å²) < 4.78 is 26.3. The van der Waals surface area contributed by atoms with Crippen LogP contribution in [0.5, 0.6) is 0 Å². The third-order valence-corrected chi connectivity index (χ3v) is 7.36. The summed E-state index contributed by atoms with van der Waals surface area (Å²) in [6, 6.07) is 26.9. The SMILES string of the molecule is N#C/C(=N\Nc1ccccc1)C(=O)N/N=C(/c1ccccc1)c1ccc(N2CCCCS2(=O)=O)cc1. The molecule has 0 bridgehead atoms. The largest absolute Gasteiger partial charge is 0.302 e. The number of para-hydroxylation sites is 1. The molecule has 1 fully saturated rings. The molecule has 0 spiro atoms. The summed E-state index contributed by atoms with van der Waals surface area (Å²) in [7, 11) is -3.33. The normalized spacial score (nSPS) is 15.6. The Labute approximate surface area is 209 Å². The maximum absolute atomic E-state index is 12.6. The first-order chi connectivity index (χ1) is 17.5. The van der Waals surface area contributed by atoms with Gasteiger partial charge in [0.15, 0.2) is 0 Å². The van der Waals surface area contributed by atoms with E-state index in [2.05, 4.69) is 21.1 Å². The van der Waals surface area contributed by atoms with E-state index < -0.39 is 15.9 Å². The fraction of sp³-hybridized carbons (Fsp3) is 0.154. The van der Waals surface area contributed by atoms with Crippen molar-refractivity contribution in [3.8, 4) is 6.07 Å². The highest BCUT2D eigenvalue weighted by Gasteiger charge is 2.26. The standard InChI is InChI=1S/C26H24N6O3S/c27-19-24(29-28-22-11-5-2-6-12-22)26(33)31-30-25(20-9-3-1-4-10-20)21-13-15-23(16-14-21)32-17-7-8-18-36(32,34)35/h1-6,9-16,28H,7-8,17-18H2,(H,31,33)/b29-24+,30-25-. The summed E-state index contributed by atoms with van der Waals surface area (Å²) >= 11 is 0. The lowest BCUT2D eigenvalue weighted by Crippen LogP contribution is -2.37. The molecule has 0 atom stereocenters. The van der Waals surface area contributed by atoms with Crippen molar-refractivity contribution < 1.29 is 13.2 Å². The molecule has 2 N–H and O–H groups in total. The average Bonchev–Trinajstić information content (AvgIpc) is 2.90. The smallest absolute Gasteiger partial charge is 0.277 e. The van der Waals surface area contributed by atoms with Crippen LogP contribution in [0.15, 0.2) is 95.1 Å². The molecule has 0 saturated carbocycles. The number of carbonyl (C=O) groups is 1. The number of carbonyl (C=O) groups excluding carboxylic acids is 1. The molecular weight excluding hydrogens is 476 g/mol. The van der Waals surface area contributed by atoms with E-state index in [9.17, 15) is 18.5 Å². The van der Waals surface area contributed by atoms with Gasteiger partial charge in [-0.2, -0.15) is 15.5 Å². The van der Waals surface area contributed by atoms with E-state index in [1.54, 1.807) is 54.6 Å². The van der Waals surface area contributed by atoms with Crippen molar-refractivity contribution in [2.75, 3.05) is 22.0 Å². The second-order valence-electron chi connectivity index (χ2n) is 7.96. The predicted molar refractivity (Wildman–Crippen MR) is 140 cm³/mol. The number of nitrogens with one attached hydrogen (secondary N) is 2. The molecule has 1 amide bonds. The first-order valence-electron chi connectivity index (χ1n) is 11.3. The molecule has 1 heterocycles. The number of anilines is 2. The Morgan fingerprint density at radius 2 is 1.50 bits per heavy atom. The monoisotopic (exact) mass is 500 g/mol. The minimum absolute atomic E-state index is 0.138. The van der Waals surface area contributed by atoms with Crippen LogP contribution in [-0.2, 0) is 14.8 Å². The second-order valence-corrected chi connectivity index (χ2v) is 9.97. The van der Waals surface area contributed by atoms with Crippen molar-refractivity contribution in [1.29, 1.82) is 5.26 Å². The van der Waals surface area contributed by atoms with Gasteiger partial charge in [-0.15, -0.1) is 0 Å². The molecule has 1 aliphatic heterocycles. The van der Waals surface area contributed by atoms with Crippen molar-refractivity contribution in [3.63, 3.8) is 0 Å².